The van der Waals surface area contributed by atoms with E-state index in [0.717, 1.165) is 10.0 Å². The van der Waals surface area contributed by atoms with Crippen LogP contribution in [0.3, 0.4) is 0 Å². The Kier molecular flexibility index (Phi) is 4.42. The van der Waals surface area contributed by atoms with Gasteiger partial charge < -0.3 is 14.6 Å². The van der Waals surface area contributed by atoms with Crippen molar-refractivity contribution in [2.75, 3.05) is 14.2 Å². The van der Waals surface area contributed by atoms with Crippen molar-refractivity contribution < 1.29 is 14.6 Å². The number of halogens is 1. The molecule has 1 N–H and O–H groups in total. The lowest BCUT2D eigenvalue weighted by Crippen LogP contribution is -2.07. The van der Waals surface area contributed by atoms with E-state index in [2.05, 4.69) is 15.9 Å². The summed E-state index contributed by atoms with van der Waals surface area (Å²) in [5.74, 6) is 1.35. The van der Waals surface area contributed by atoms with E-state index in [-0.39, 0.29) is 0 Å². The molecule has 0 bridgehead atoms. The van der Waals surface area contributed by atoms with E-state index in [1.54, 1.807) is 21.1 Å². The van der Waals surface area contributed by atoms with Gasteiger partial charge in [0.25, 0.3) is 0 Å². The Hall–Kier alpha value is -0.740. The van der Waals surface area contributed by atoms with Crippen molar-refractivity contribution in [3.05, 3.63) is 22.2 Å². The van der Waals surface area contributed by atoms with Crippen LogP contribution in [0.5, 0.6) is 11.5 Å². The van der Waals surface area contributed by atoms with Gasteiger partial charge in [0.1, 0.15) is 0 Å². The van der Waals surface area contributed by atoms with Gasteiger partial charge in [-0.3, -0.25) is 0 Å². The van der Waals surface area contributed by atoms with Crippen molar-refractivity contribution in [3.63, 3.8) is 0 Å². The van der Waals surface area contributed by atoms with Crippen molar-refractivity contribution >= 4 is 15.9 Å². The van der Waals surface area contributed by atoms with E-state index in [4.69, 9.17) is 9.47 Å². The first-order chi connectivity index (χ1) is 7.10. The zero-order chi connectivity index (χ0) is 11.4. The number of hydrogen-bond donors (Lipinski definition) is 1. The molecule has 0 saturated heterocycles. The summed E-state index contributed by atoms with van der Waals surface area (Å²) in [6.45, 7) is 1.74. The standard InChI is InChI=1S/C11H15BrO3/c1-7(13)6-8-9(12)4-5-10(14-2)11(8)15-3/h4-5,7,13H,6H2,1-3H3. The minimum Gasteiger partial charge on any atom is -0.493 e. The highest BCUT2D eigenvalue weighted by Crippen LogP contribution is 2.36. The smallest absolute Gasteiger partial charge is 0.165 e. The van der Waals surface area contributed by atoms with Crippen LogP contribution in [0.1, 0.15) is 12.5 Å². The maximum atomic E-state index is 9.40. The molecular formula is C11H15BrO3. The lowest BCUT2D eigenvalue weighted by Gasteiger charge is -2.15. The van der Waals surface area contributed by atoms with Crippen molar-refractivity contribution in [1.29, 1.82) is 0 Å². The van der Waals surface area contributed by atoms with Gasteiger partial charge in [0.15, 0.2) is 11.5 Å². The van der Waals surface area contributed by atoms with Crippen molar-refractivity contribution in [3.8, 4) is 11.5 Å². The average molecular weight is 275 g/mol. The minimum atomic E-state index is -0.415. The van der Waals surface area contributed by atoms with E-state index in [1.165, 1.54) is 0 Å². The fourth-order valence-corrected chi connectivity index (χ4v) is 1.93. The van der Waals surface area contributed by atoms with Gasteiger partial charge in [-0.25, -0.2) is 0 Å². The third-order valence-corrected chi connectivity index (χ3v) is 2.83. The highest BCUT2D eigenvalue weighted by Gasteiger charge is 2.14. The first kappa shape index (κ1) is 12.3. The Morgan fingerprint density at radius 2 is 2.00 bits per heavy atom. The van der Waals surface area contributed by atoms with Gasteiger partial charge in [0, 0.05) is 16.5 Å². The third kappa shape index (κ3) is 2.86. The van der Waals surface area contributed by atoms with Gasteiger partial charge >= 0.3 is 0 Å². The van der Waals surface area contributed by atoms with Gasteiger partial charge in [-0.05, 0) is 19.1 Å². The Labute approximate surface area is 98.1 Å². The highest BCUT2D eigenvalue weighted by molar-refractivity contribution is 9.10. The molecule has 4 heteroatoms. The molecule has 0 radical (unpaired) electrons. The topological polar surface area (TPSA) is 38.7 Å². The van der Waals surface area contributed by atoms with Gasteiger partial charge in [-0.15, -0.1) is 0 Å². The second-order valence-corrected chi connectivity index (χ2v) is 4.17. The van der Waals surface area contributed by atoms with Crippen molar-refractivity contribution in [2.24, 2.45) is 0 Å². The van der Waals surface area contributed by atoms with Crippen molar-refractivity contribution in [2.45, 2.75) is 19.4 Å². The van der Waals surface area contributed by atoms with Gasteiger partial charge in [-0.2, -0.15) is 0 Å². The molecule has 1 unspecified atom stereocenters. The van der Waals surface area contributed by atoms with Gasteiger partial charge in [0.05, 0.1) is 20.3 Å². The first-order valence-corrected chi connectivity index (χ1v) is 5.46. The molecule has 0 heterocycles. The molecule has 1 rings (SSSR count). The van der Waals surface area contributed by atoms with Crippen LogP contribution < -0.4 is 9.47 Å². The van der Waals surface area contributed by atoms with Gasteiger partial charge in [-0.1, -0.05) is 15.9 Å². The fourth-order valence-electron chi connectivity index (χ4n) is 1.45. The molecule has 0 saturated carbocycles. The summed E-state index contributed by atoms with van der Waals surface area (Å²) in [6, 6.07) is 3.72. The van der Waals surface area contributed by atoms with Crippen LogP contribution in [0.15, 0.2) is 16.6 Å². The number of ether oxygens (including phenoxy) is 2. The molecule has 0 aliphatic heterocycles. The Morgan fingerprint density at radius 1 is 1.33 bits per heavy atom. The Balaban J connectivity index is 3.19. The average Bonchev–Trinajstić information content (AvgIpc) is 2.20. The number of aliphatic hydroxyl groups is 1. The maximum Gasteiger partial charge on any atom is 0.165 e. The third-order valence-electron chi connectivity index (χ3n) is 2.09. The Morgan fingerprint density at radius 3 is 2.47 bits per heavy atom. The Bertz CT molecular complexity index is 337. The maximum absolute atomic E-state index is 9.40. The van der Waals surface area contributed by atoms with Crippen LogP contribution >= 0.6 is 15.9 Å². The van der Waals surface area contributed by atoms with E-state index in [9.17, 15) is 5.11 Å². The monoisotopic (exact) mass is 274 g/mol. The summed E-state index contributed by atoms with van der Waals surface area (Å²) in [5, 5.41) is 9.40. The second-order valence-electron chi connectivity index (χ2n) is 3.31. The van der Waals surface area contributed by atoms with Crippen LogP contribution in [0.25, 0.3) is 0 Å². The summed E-state index contributed by atoms with van der Waals surface area (Å²) < 4.78 is 11.4. The van der Waals surface area contributed by atoms with Gasteiger partial charge in [0.2, 0.25) is 0 Å². The summed E-state index contributed by atoms with van der Waals surface area (Å²) in [5.41, 5.74) is 0.923. The number of rotatable bonds is 4. The molecule has 15 heavy (non-hydrogen) atoms. The molecule has 0 spiro atoms. The number of methoxy groups -OCH3 is 2. The molecule has 84 valence electrons. The summed E-state index contributed by atoms with van der Waals surface area (Å²) >= 11 is 3.43. The van der Waals surface area contributed by atoms with Crippen LogP contribution in [0.2, 0.25) is 0 Å². The van der Waals surface area contributed by atoms with E-state index >= 15 is 0 Å². The zero-order valence-electron chi connectivity index (χ0n) is 9.08. The molecule has 0 fully saturated rings. The quantitative estimate of drug-likeness (QED) is 0.917. The molecule has 3 nitrogen and oxygen atoms in total. The fraction of sp³-hybridized carbons (Fsp3) is 0.455. The van der Waals surface area contributed by atoms with E-state index < -0.39 is 6.10 Å². The van der Waals surface area contributed by atoms with Crippen LogP contribution in [-0.2, 0) is 6.42 Å². The highest BCUT2D eigenvalue weighted by atomic mass is 79.9. The molecular weight excluding hydrogens is 260 g/mol. The van der Waals surface area contributed by atoms with Crippen LogP contribution in [0, 0.1) is 0 Å². The summed E-state index contributed by atoms with van der Waals surface area (Å²) in [4.78, 5) is 0. The lowest BCUT2D eigenvalue weighted by atomic mass is 10.1. The van der Waals surface area contributed by atoms with Crippen LogP contribution in [0.4, 0.5) is 0 Å². The number of benzene rings is 1. The number of hydrogen-bond acceptors (Lipinski definition) is 3. The first-order valence-electron chi connectivity index (χ1n) is 4.67. The second kappa shape index (κ2) is 5.37. The van der Waals surface area contributed by atoms with E-state index in [1.807, 2.05) is 12.1 Å². The molecule has 1 aromatic rings. The molecule has 0 aliphatic carbocycles. The SMILES string of the molecule is COc1ccc(Br)c(CC(C)O)c1OC. The minimum absolute atomic E-state index is 0.415. The lowest BCUT2D eigenvalue weighted by molar-refractivity contribution is 0.193. The van der Waals surface area contributed by atoms with Crippen LogP contribution in [-0.4, -0.2) is 25.4 Å². The summed E-state index contributed by atoms with van der Waals surface area (Å²) in [6.07, 6.45) is 0.114. The largest absolute Gasteiger partial charge is 0.493 e. The number of aliphatic hydroxyl groups excluding tert-OH is 1. The normalized spacial score (nSPS) is 12.3. The van der Waals surface area contributed by atoms with E-state index in [0.29, 0.717) is 17.9 Å². The molecule has 1 aromatic carbocycles. The van der Waals surface area contributed by atoms with Crippen molar-refractivity contribution in [1.82, 2.24) is 0 Å². The molecule has 0 amide bonds. The molecule has 1 atom stereocenters. The molecule has 0 aromatic heterocycles. The molecule has 0 aliphatic rings. The summed E-state index contributed by atoms with van der Waals surface area (Å²) in [7, 11) is 3.19. The zero-order valence-corrected chi connectivity index (χ0v) is 10.7. The predicted octanol–water partition coefficient (Wildman–Crippen LogP) is 2.39. The predicted molar refractivity (Wildman–Crippen MR) is 62.6 cm³/mol.